The number of nitrogens with zero attached hydrogens (tertiary/aromatic N) is 2. The molecule has 1 aromatic carbocycles. The van der Waals surface area contributed by atoms with Crippen LogP contribution in [0.4, 0.5) is 11.4 Å². The van der Waals surface area contributed by atoms with E-state index >= 15 is 0 Å². The van der Waals surface area contributed by atoms with Crippen LogP contribution in [0.2, 0.25) is 0 Å². The van der Waals surface area contributed by atoms with Gasteiger partial charge in [-0.15, -0.1) is 4.57 Å². The van der Waals surface area contributed by atoms with Crippen molar-refractivity contribution < 1.29 is 9.36 Å². The van der Waals surface area contributed by atoms with E-state index in [4.69, 9.17) is 5.73 Å². The molecular formula is C14H16N3O+. The normalized spacial score (nSPS) is 10.1. The van der Waals surface area contributed by atoms with Gasteiger partial charge < -0.3 is 10.6 Å². The molecule has 0 unspecified atom stereocenters. The fourth-order valence-corrected chi connectivity index (χ4v) is 1.62. The summed E-state index contributed by atoms with van der Waals surface area (Å²) in [5.41, 5.74) is 7.94. The summed E-state index contributed by atoms with van der Waals surface area (Å²) < 4.78 is 1.51. The lowest BCUT2D eigenvalue weighted by molar-refractivity contribution is -0.570. The number of pyridine rings is 1. The third-order valence-electron chi connectivity index (χ3n) is 2.72. The molecule has 2 N–H and O–H groups in total. The topological polar surface area (TPSA) is 50.2 Å². The number of carbonyl (C=O) groups is 1. The van der Waals surface area contributed by atoms with Gasteiger partial charge in [0.25, 0.3) is 0 Å². The van der Waals surface area contributed by atoms with Crippen LogP contribution in [0.3, 0.4) is 0 Å². The van der Waals surface area contributed by atoms with Crippen LogP contribution in [0.25, 0.3) is 0 Å². The van der Waals surface area contributed by atoms with Gasteiger partial charge in [-0.25, -0.2) is 4.79 Å². The van der Waals surface area contributed by atoms with Gasteiger partial charge >= 0.3 is 5.91 Å². The number of hydrogen-bond donors (Lipinski definition) is 1. The lowest BCUT2D eigenvalue weighted by Crippen LogP contribution is -2.42. The summed E-state index contributed by atoms with van der Waals surface area (Å²) in [6.07, 6.45) is 3.33. The fourth-order valence-electron chi connectivity index (χ4n) is 1.62. The summed E-state index contributed by atoms with van der Waals surface area (Å²) in [7, 11) is 3.93. The molecule has 0 atom stereocenters. The first-order valence-electron chi connectivity index (χ1n) is 5.67. The molecule has 0 spiro atoms. The molecule has 0 bridgehead atoms. The Morgan fingerprint density at radius 2 is 1.61 bits per heavy atom. The Kier molecular flexibility index (Phi) is 3.28. The van der Waals surface area contributed by atoms with Gasteiger partial charge in [0.05, 0.1) is 5.56 Å². The smallest absolute Gasteiger partial charge is 0.398 e. The van der Waals surface area contributed by atoms with Crippen molar-refractivity contribution in [2.75, 3.05) is 24.7 Å². The average Bonchev–Trinajstić information content (AvgIpc) is 2.39. The Bertz CT molecular complexity index is 544. The lowest BCUT2D eigenvalue weighted by atomic mass is 10.2. The number of carbonyl (C=O) groups excluding carboxylic acids is 1. The molecular weight excluding hydrogens is 226 g/mol. The average molecular weight is 242 g/mol. The van der Waals surface area contributed by atoms with Crippen molar-refractivity contribution in [1.82, 2.24) is 0 Å². The Balaban J connectivity index is 2.26. The molecule has 1 aromatic heterocycles. The zero-order chi connectivity index (χ0) is 13.1. The quantitative estimate of drug-likeness (QED) is 0.808. The number of nitrogen functional groups attached to an aromatic ring is 1. The van der Waals surface area contributed by atoms with Crippen molar-refractivity contribution in [2.24, 2.45) is 0 Å². The minimum absolute atomic E-state index is 0.0692. The van der Waals surface area contributed by atoms with Crippen molar-refractivity contribution in [3.05, 3.63) is 54.4 Å². The molecule has 0 amide bonds. The third-order valence-corrected chi connectivity index (χ3v) is 2.72. The summed E-state index contributed by atoms with van der Waals surface area (Å²) in [6.45, 7) is 0. The Morgan fingerprint density at radius 3 is 2.11 bits per heavy atom. The molecule has 0 radical (unpaired) electrons. The van der Waals surface area contributed by atoms with E-state index in [1.807, 2.05) is 43.3 Å². The van der Waals surface area contributed by atoms with Crippen LogP contribution < -0.4 is 15.2 Å². The molecule has 4 nitrogen and oxygen atoms in total. The van der Waals surface area contributed by atoms with E-state index in [-0.39, 0.29) is 5.91 Å². The largest absolute Gasteiger partial charge is 0.424 e. The summed E-state index contributed by atoms with van der Waals surface area (Å²) in [6, 6.07) is 10.9. The number of rotatable bonds is 2. The molecule has 0 aliphatic heterocycles. The second-order valence-corrected chi connectivity index (χ2v) is 4.29. The molecule has 0 saturated heterocycles. The fraction of sp³-hybridized carbons (Fsp3) is 0.143. The molecule has 0 aliphatic rings. The van der Waals surface area contributed by atoms with Gasteiger partial charge in [0, 0.05) is 37.6 Å². The maximum atomic E-state index is 12.1. The van der Waals surface area contributed by atoms with E-state index in [9.17, 15) is 4.79 Å². The Hall–Kier alpha value is -2.36. The second kappa shape index (κ2) is 4.87. The standard InChI is InChI=1S/C14H15N3O/c1-16(2)13-5-3-11(4-6-13)14(18)17-9-7-12(15)8-10-17/h3-10,15H,1-2H3/p+1. The molecule has 1 heterocycles. The number of benzene rings is 1. The maximum Gasteiger partial charge on any atom is 0.424 e. The third kappa shape index (κ3) is 2.48. The highest BCUT2D eigenvalue weighted by molar-refractivity contribution is 5.87. The van der Waals surface area contributed by atoms with E-state index in [1.54, 1.807) is 24.5 Å². The van der Waals surface area contributed by atoms with Crippen LogP contribution in [0.5, 0.6) is 0 Å². The van der Waals surface area contributed by atoms with Crippen molar-refractivity contribution >= 4 is 17.3 Å². The zero-order valence-corrected chi connectivity index (χ0v) is 10.5. The van der Waals surface area contributed by atoms with Crippen LogP contribution in [0.15, 0.2) is 48.8 Å². The van der Waals surface area contributed by atoms with Crippen LogP contribution in [-0.2, 0) is 0 Å². The molecule has 2 rings (SSSR count). The van der Waals surface area contributed by atoms with Gasteiger partial charge in [-0.3, -0.25) is 0 Å². The van der Waals surface area contributed by atoms with Gasteiger partial charge in [0.2, 0.25) is 0 Å². The van der Waals surface area contributed by atoms with Crippen LogP contribution in [0, 0.1) is 0 Å². The monoisotopic (exact) mass is 242 g/mol. The predicted molar refractivity (Wildman–Crippen MR) is 71.5 cm³/mol. The zero-order valence-electron chi connectivity index (χ0n) is 10.5. The van der Waals surface area contributed by atoms with Crippen molar-refractivity contribution in [2.45, 2.75) is 0 Å². The molecule has 0 aliphatic carbocycles. The minimum atomic E-state index is -0.0692. The first-order valence-corrected chi connectivity index (χ1v) is 5.67. The van der Waals surface area contributed by atoms with E-state index < -0.39 is 0 Å². The van der Waals surface area contributed by atoms with Crippen LogP contribution in [-0.4, -0.2) is 20.0 Å². The molecule has 2 aromatic rings. The van der Waals surface area contributed by atoms with Gasteiger partial charge in [-0.05, 0) is 24.3 Å². The summed E-state index contributed by atoms with van der Waals surface area (Å²) >= 11 is 0. The van der Waals surface area contributed by atoms with Crippen molar-refractivity contribution in [3.63, 3.8) is 0 Å². The number of nitrogens with two attached hydrogens (primary N) is 1. The van der Waals surface area contributed by atoms with Gasteiger partial charge in [0.1, 0.15) is 0 Å². The SMILES string of the molecule is CN(C)c1ccc(C(=O)[n+]2ccc(N)cc2)cc1. The van der Waals surface area contributed by atoms with E-state index in [2.05, 4.69) is 0 Å². The van der Waals surface area contributed by atoms with Gasteiger partial charge in [0.15, 0.2) is 12.4 Å². The van der Waals surface area contributed by atoms with E-state index in [0.29, 0.717) is 11.3 Å². The van der Waals surface area contributed by atoms with Gasteiger partial charge in [-0.1, -0.05) is 0 Å². The number of hydrogen-bond acceptors (Lipinski definition) is 3. The highest BCUT2D eigenvalue weighted by Crippen LogP contribution is 2.12. The van der Waals surface area contributed by atoms with Crippen molar-refractivity contribution in [1.29, 1.82) is 0 Å². The number of anilines is 2. The van der Waals surface area contributed by atoms with Gasteiger partial charge in [-0.2, -0.15) is 0 Å². The predicted octanol–water partition coefficient (Wildman–Crippen LogP) is 1.31. The summed E-state index contributed by atoms with van der Waals surface area (Å²) in [5, 5.41) is 0. The molecule has 0 saturated carbocycles. The molecule has 0 fully saturated rings. The molecule has 18 heavy (non-hydrogen) atoms. The Labute approximate surface area is 106 Å². The molecule has 4 heteroatoms. The van der Waals surface area contributed by atoms with E-state index in [1.165, 1.54) is 4.57 Å². The first-order chi connectivity index (χ1) is 8.58. The first kappa shape index (κ1) is 12.1. The Morgan fingerprint density at radius 1 is 1.06 bits per heavy atom. The lowest BCUT2D eigenvalue weighted by Gasteiger charge is -2.11. The summed E-state index contributed by atoms with van der Waals surface area (Å²) in [4.78, 5) is 14.1. The van der Waals surface area contributed by atoms with Crippen molar-refractivity contribution in [3.8, 4) is 0 Å². The molecule has 92 valence electrons. The second-order valence-electron chi connectivity index (χ2n) is 4.29. The number of aromatic nitrogens is 1. The minimum Gasteiger partial charge on any atom is -0.398 e. The van der Waals surface area contributed by atoms with E-state index in [0.717, 1.165) is 5.69 Å². The highest BCUT2D eigenvalue weighted by atomic mass is 16.2. The van der Waals surface area contributed by atoms with Crippen LogP contribution >= 0.6 is 0 Å². The maximum absolute atomic E-state index is 12.1. The highest BCUT2D eigenvalue weighted by Gasteiger charge is 2.16. The summed E-state index contributed by atoms with van der Waals surface area (Å²) in [5.74, 6) is -0.0692. The van der Waals surface area contributed by atoms with Crippen LogP contribution in [0.1, 0.15) is 10.4 Å².